The van der Waals surface area contributed by atoms with Gasteiger partial charge in [0.2, 0.25) is 11.0 Å². The second kappa shape index (κ2) is 4.18. The van der Waals surface area contributed by atoms with Gasteiger partial charge in [-0.3, -0.25) is 0 Å². The molecule has 0 aliphatic rings. The van der Waals surface area contributed by atoms with Gasteiger partial charge in [-0.15, -0.1) is 10.2 Å². The number of benzene rings is 1. The largest absolute Gasteiger partial charge is 0.493 e. The van der Waals surface area contributed by atoms with E-state index in [1.807, 2.05) is 18.2 Å². The highest BCUT2D eigenvalue weighted by atomic mass is 79.9. The third kappa shape index (κ3) is 2.05. The van der Waals surface area contributed by atoms with Gasteiger partial charge in [0.15, 0.2) is 5.69 Å². The lowest BCUT2D eigenvalue weighted by Crippen LogP contribution is -2.01. The number of fused-ring (bicyclic) bond motifs is 1. The normalized spacial score (nSPS) is 11.3. The van der Waals surface area contributed by atoms with Crippen LogP contribution in [-0.2, 0) is 0 Å². The van der Waals surface area contributed by atoms with Gasteiger partial charge < -0.3 is 15.8 Å². The van der Waals surface area contributed by atoms with E-state index in [9.17, 15) is 5.11 Å². The minimum absolute atomic E-state index is 0.0619. The van der Waals surface area contributed by atoms with Crippen molar-refractivity contribution >= 4 is 49.9 Å². The number of aromatic nitrogens is 1. The molecule has 0 aliphatic heterocycles. The fourth-order valence-electron chi connectivity index (χ4n) is 1.34. The summed E-state index contributed by atoms with van der Waals surface area (Å²) in [6.45, 7) is 0. The van der Waals surface area contributed by atoms with Crippen LogP contribution in [-0.4, -0.2) is 15.2 Å². The Labute approximate surface area is 104 Å². The summed E-state index contributed by atoms with van der Waals surface area (Å²) in [6.07, 6.45) is 0. The van der Waals surface area contributed by atoms with Crippen molar-refractivity contribution in [2.24, 2.45) is 16.0 Å². The van der Waals surface area contributed by atoms with Crippen LogP contribution < -0.4 is 5.73 Å². The molecule has 1 aromatic heterocycles. The summed E-state index contributed by atoms with van der Waals surface area (Å²) in [5.74, 6) is -0.0619. The molecule has 1 aromatic carbocycles. The van der Waals surface area contributed by atoms with Crippen molar-refractivity contribution in [1.29, 1.82) is 0 Å². The summed E-state index contributed by atoms with van der Waals surface area (Å²) in [5.41, 5.74) is 6.28. The van der Waals surface area contributed by atoms with Gasteiger partial charge >= 0.3 is 0 Å². The SMILES string of the molecule is NC(=S)N=Nc1c(O)[nH]c2cc(Br)ccc12. The molecule has 7 heteroatoms. The van der Waals surface area contributed by atoms with Gasteiger partial charge in [0.25, 0.3) is 0 Å². The summed E-state index contributed by atoms with van der Waals surface area (Å²) in [7, 11) is 0. The molecule has 2 rings (SSSR count). The Bertz CT molecular complexity index is 592. The van der Waals surface area contributed by atoms with Crippen LogP contribution in [0.2, 0.25) is 0 Å². The van der Waals surface area contributed by atoms with Crippen molar-refractivity contribution in [2.45, 2.75) is 0 Å². The maximum atomic E-state index is 9.63. The van der Waals surface area contributed by atoms with Crippen LogP contribution in [0.4, 0.5) is 5.69 Å². The van der Waals surface area contributed by atoms with E-state index in [0.717, 1.165) is 15.4 Å². The second-order valence-electron chi connectivity index (χ2n) is 3.05. The van der Waals surface area contributed by atoms with E-state index in [4.69, 9.17) is 5.73 Å². The van der Waals surface area contributed by atoms with Crippen molar-refractivity contribution in [3.63, 3.8) is 0 Å². The third-order valence-electron chi connectivity index (χ3n) is 1.96. The van der Waals surface area contributed by atoms with Crippen molar-refractivity contribution in [1.82, 2.24) is 4.98 Å². The molecule has 0 spiro atoms. The van der Waals surface area contributed by atoms with E-state index in [1.54, 1.807) is 0 Å². The maximum Gasteiger partial charge on any atom is 0.218 e. The number of nitrogens with zero attached hydrogens (tertiary/aromatic N) is 2. The van der Waals surface area contributed by atoms with E-state index in [0.29, 0.717) is 5.69 Å². The molecular formula is C9H7BrN4OS. The van der Waals surface area contributed by atoms with Gasteiger partial charge in [0.1, 0.15) is 0 Å². The highest BCUT2D eigenvalue weighted by Gasteiger charge is 2.10. The highest BCUT2D eigenvalue weighted by molar-refractivity contribution is 9.10. The summed E-state index contributed by atoms with van der Waals surface area (Å²) < 4.78 is 0.902. The van der Waals surface area contributed by atoms with Crippen LogP contribution in [0.15, 0.2) is 32.9 Å². The maximum absolute atomic E-state index is 9.63. The Hall–Kier alpha value is -1.47. The number of rotatable bonds is 1. The molecule has 0 radical (unpaired) electrons. The fourth-order valence-corrected chi connectivity index (χ4v) is 1.74. The first-order valence-electron chi connectivity index (χ1n) is 4.29. The predicted molar refractivity (Wildman–Crippen MR) is 69.0 cm³/mol. The van der Waals surface area contributed by atoms with E-state index in [-0.39, 0.29) is 11.0 Å². The van der Waals surface area contributed by atoms with Gasteiger partial charge in [-0.05, 0) is 30.4 Å². The molecule has 0 saturated carbocycles. The first-order chi connectivity index (χ1) is 7.58. The van der Waals surface area contributed by atoms with Gasteiger partial charge in [0.05, 0.1) is 5.52 Å². The van der Waals surface area contributed by atoms with E-state index < -0.39 is 0 Å². The molecular weight excluding hydrogens is 292 g/mol. The Morgan fingerprint density at radius 3 is 2.94 bits per heavy atom. The number of hydrogen-bond acceptors (Lipinski definition) is 3. The molecule has 0 atom stereocenters. The first-order valence-corrected chi connectivity index (χ1v) is 5.49. The highest BCUT2D eigenvalue weighted by Crippen LogP contribution is 2.36. The number of azo groups is 1. The third-order valence-corrected chi connectivity index (χ3v) is 2.54. The number of nitrogens with one attached hydrogen (secondary N) is 1. The van der Waals surface area contributed by atoms with E-state index in [2.05, 4.69) is 43.4 Å². The minimum Gasteiger partial charge on any atom is -0.493 e. The Balaban J connectivity index is 2.60. The molecule has 0 aliphatic carbocycles. The molecule has 0 amide bonds. The zero-order chi connectivity index (χ0) is 11.7. The second-order valence-corrected chi connectivity index (χ2v) is 4.38. The van der Waals surface area contributed by atoms with Crippen LogP contribution in [0, 0.1) is 0 Å². The molecule has 82 valence electrons. The Morgan fingerprint density at radius 1 is 1.50 bits per heavy atom. The van der Waals surface area contributed by atoms with Crippen molar-refractivity contribution in [3.8, 4) is 5.88 Å². The molecule has 0 unspecified atom stereocenters. The molecule has 5 nitrogen and oxygen atoms in total. The number of aromatic amines is 1. The predicted octanol–water partition coefficient (Wildman–Crippen LogP) is 2.96. The van der Waals surface area contributed by atoms with Crippen molar-refractivity contribution in [2.75, 3.05) is 0 Å². The average molecular weight is 299 g/mol. The van der Waals surface area contributed by atoms with E-state index in [1.165, 1.54) is 0 Å². The molecule has 1 heterocycles. The molecule has 2 aromatic rings. The number of H-pyrrole nitrogens is 1. The molecule has 0 fully saturated rings. The topological polar surface area (TPSA) is 86.8 Å². The molecule has 4 N–H and O–H groups in total. The minimum atomic E-state index is -0.0779. The van der Waals surface area contributed by atoms with Crippen LogP contribution in [0.5, 0.6) is 5.88 Å². The Kier molecular flexibility index (Phi) is 2.88. The standard InChI is InChI=1S/C9H7BrN4OS/c10-4-1-2-5-6(3-4)12-8(15)7(5)13-14-9(11)16/h1-3,12,15H,(H2,11,16). The average Bonchev–Trinajstić information content (AvgIpc) is 2.50. The number of hydrogen-bond donors (Lipinski definition) is 3. The monoisotopic (exact) mass is 298 g/mol. The van der Waals surface area contributed by atoms with Gasteiger partial charge in [-0.2, -0.15) is 0 Å². The van der Waals surface area contributed by atoms with Gasteiger partial charge in [0, 0.05) is 9.86 Å². The van der Waals surface area contributed by atoms with Crippen LogP contribution in [0.1, 0.15) is 0 Å². The fraction of sp³-hybridized carbons (Fsp3) is 0. The molecule has 16 heavy (non-hydrogen) atoms. The zero-order valence-electron chi connectivity index (χ0n) is 7.94. The number of halogens is 1. The number of nitrogens with two attached hydrogens (primary N) is 1. The van der Waals surface area contributed by atoms with Crippen LogP contribution in [0.25, 0.3) is 10.9 Å². The lowest BCUT2D eigenvalue weighted by molar-refractivity contribution is 0.459. The summed E-state index contributed by atoms with van der Waals surface area (Å²) in [5, 5.41) is 17.6. The molecule has 0 bridgehead atoms. The summed E-state index contributed by atoms with van der Waals surface area (Å²) >= 11 is 7.91. The number of aromatic hydroxyl groups is 1. The van der Waals surface area contributed by atoms with Crippen molar-refractivity contribution < 1.29 is 5.11 Å². The quantitative estimate of drug-likeness (QED) is 0.559. The number of thiocarbonyl (C=S) groups is 1. The van der Waals surface area contributed by atoms with Crippen LogP contribution in [0.3, 0.4) is 0 Å². The van der Waals surface area contributed by atoms with Crippen LogP contribution >= 0.6 is 28.1 Å². The van der Waals surface area contributed by atoms with Crippen molar-refractivity contribution in [3.05, 3.63) is 22.7 Å². The zero-order valence-corrected chi connectivity index (χ0v) is 10.3. The Morgan fingerprint density at radius 2 is 2.25 bits per heavy atom. The lowest BCUT2D eigenvalue weighted by atomic mass is 10.2. The molecule has 0 saturated heterocycles. The lowest BCUT2D eigenvalue weighted by Gasteiger charge is -1.91. The van der Waals surface area contributed by atoms with E-state index >= 15 is 0 Å². The van der Waals surface area contributed by atoms with Gasteiger partial charge in [-0.25, -0.2) is 0 Å². The summed E-state index contributed by atoms with van der Waals surface area (Å²) in [6, 6.07) is 5.48. The summed E-state index contributed by atoms with van der Waals surface area (Å²) in [4.78, 5) is 2.78. The smallest absolute Gasteiger partial charge is 0.218 e. The van der Waals surface area contributed by atoms with Gasteiger partial charge in [-0.1, -0.05) is 15.9 Å². The first kappa shape index (κ1) is 11.0.